The molecule has 180 valence electrons. The Kier molecular flexibility index (Phi) is 8.90. The van der Waals surface area contributed by atoms with Crippen molar-refractivity contribution in [2.24, 2.45) is 5.10 Å². The minimum absolute atomic E-state index is 0.0492. The van der Waals surface area contributed by atoms with Crippen LogP contribution in [-0.4, -0.2) is 37.7 Å². The fourth-order valence-corrected chi connectivity index (χ4v) is 2.99. The first-order valence-corrected chi connectivity index (χ1v) is 10.9. The van der Waals surface area contributed by atoms with Crippen molar-refractivity contribution in [2.45, 2.75) is 0 Å². The lowest BCUT2D eigenvalue weighted by atomic mass is 10.2. The summed E-state index contributed by atoms with van der Waals surface area (Å²) in [6, 6.07) is 17.2. The number of nitrogens with zero attached hydrogens (tertiary/aromatic N) is 1. The SMILES string of the molecule is COc1ccc(NC(=O)C(=O)N/N=C\c2ccc(OCC(=O)Nc3ccc(Br)cc3F)cc2)cc1. The normalized spacial score (nSPS) is 10.5. The number of amides is 3. The number of hydrogen-bond donors (Lipinski definition) is 3. The van der Waals surface area contributed by atoms with Gasteiger partial charge in [0.25, 0.3) is 5.91 Å². The minimum atomic E-state index is -0.940. The van der Waals surface area contributed by atoms with Crippen LogP contribution in [0.25, 0.3) is 0 Å². The molecule has 0 unspecified atom stereocenters. The molecule has 0 radical (unpaired) electrons. The van der Waals surface area contributed by atoms with Gasteiger partial charge in [0.1, 0.15) is 17.3 Å². The van der Waals surface area contributed by atoms with Crippen molar-refractivity contribution in [1.29, 1.82) is 0 Å². The Hall–Kier alpha value is -4.25. The Bertz CT molecular complexity index is 1230. The van der Waals surface area contributed by atoms with Crippen molar-refractivity contribution >= 4 is 51.2 Å². The van der Waals surface area contributed by atoms with E-state index in [1.165, 1.54) is 25.5 Å². The van der Waals surface area contributed by atoms with Crippen LogP contribution in [0.3, 0.4) is 0 Å². The number of ether oxygens (including phenoxy) is 2. The Morgan fingerprint density at radius 2 is 1.63 bits per heavy atom. The number of carbonyl (C=O) groups excluding carboxylic acids is 3. The maximum atomic E-state index is 13.8. The van der Waals surface area contributed by atoms with E-state index in [1.54, 1.807) is 54.6 Å². The smallest absolute Gasteiger partial charge is 0.329 e. The summed E-state index contributed by atoms with van der Waals surface area (Å²) >= 11 is 3.15. The maximum Gasteiger partial charge on any atom is 0.329 e. The van der Waals surface area contributed by atoms with Crippen LogP contribution >= 0.6 is 15.9 Å². The predicted octanol–water partition coefficient (Wildman–Crippen LogP) is 3.70. The van der Waals surface area contributed by atoms with Crippen LogP contribution in [0, 0.1) is 5.82 Å². The molecule has 3 rings (SSSR count). The number of hydrogen-bond acceptors (Lipinski definition) is 6. The van der Waals surface area contributed by atoms with Crippen molar-refractivity contribution in [2.75, 3.05) is 24.4 Å². The summed E-state index contributed by atoms with van der Waals surface area (Å²) in [6.07, 6.45) is 1.34. The summed E-state index contributed by atoms with van der Waals surface area (Å²) in [5, 5.41) is 8.62. The molecule has 0 spiro atoms. The lowest BCUT2D eigenvalue weighted by molar-refractivity contribution is -0.136. The molecule has 0 saturated heterocycles. The summed E-state index contributed by atoms with van der Waals surface area (Å²) in [5.74, 6) is -1.89. The van der Waals surface area contributed by atoms with Crippen LogP contribution in [0.15, 0.2) is 76.3 Å². The molecule has 9 nitrogen and oxygen atoms in total. The zero-order valence-electron chi connectivity index (χ0n) is 18.4. The van der Waals surface area contributed by atoms with Crippen LogP contribution in [-0.2, 0) is 14.4 Å². The molecule has 0 aliphatic heterocycles. The van der Waals surface area contributed by atoms with E-state index in [4.69, 9.17) is 9.47 Å². The zero-order valence-corrected chi connectivity index (χ0v) is 20.0. The van der Waals surface area contributed by atoms with E-state index < -0.39 is 23.5 Å². The Labute approximate surface area is 208 Å². The highest BCUT2D eigenvalue weighted by Gasteiger charge is 2.13. The van der Waals surface area contributed by atoms with Crippen molar-refractivity contribution in [1.82, 2.24) is 5.43 Å². The molecule has 0 fully saturated rings. The monoisotopic (exact) mass is 542 g/mol. The van der Waals surface area contributed by atoms with Gasteiger partial charge in [0.05, 0.1) is 19.0 Å². The van der Waals surface area contributed by atoms with E-state index in [-0.39, 0.29) is 12.3 Å². The van der Waals surface area contributed by atoms with Crippen molar-refractivity contribution in [3.8, 4) is 11.5 Å². The molecule has 0 aliphatic rings. The van der Waals surface area contributed by atoms with Crippen LogP contribution in [0.4, 0.5) is 15.8 Å². The highest BCUT2D eigenvalue weighted by Crippen LogP contribution is 2.19. The Morgan fingerprint density at radius 3 is 2.29 bits per heavy atom. The molecular formula is C24H20BrFN4O5. The molecule has 11 heteroatoms. The van der Waals surface area contributed by atoms with Crippen LogP contribution in [0.2, 0.25) is 0 Å². The van der Waals surface area contributed by atoms with E-state index >= 15 is 0 Å². The van der Waals surface area contributed by atoms with Gasteiger partial charge in [0, 0.05) is 10.2 Å². The molecular weight excluding hydrogens is 523 g/mol. The highest BCUT2D eigenvalue weighted by atomic mass is 79.9. The van der Waals surface area contributed by atoms with Crippen LogP contribution in [0.5, 0.6) is 11.5 Å². The topological polar surface area (TPSA) is 118 Å². The van der Waals surface area contributed by atoms with Gasteiger partial charge in [-0.1, -0.05) is 15.9 Å². The Morgan fingerprint density at radius 1 is 0.943 bits per heavy atom. The Balaban J connectivity index is 1.43. The number of nitrogens with one attached hydrogen (secondary N) is 3. The molecule has 0 saturated carbocycles. The average Bonchev–Trinajstić information content (AvgIpc) is 2.85. The van der Waals surface area contributed by atoms with Crippen molar-refractivity contribution in [3.05, 3.63) is 82.6 Å². The first-order valence-electron chi connectivity index (χ1n) is 10.1. The third-order valence-corrected chi connectivity index (χ3v) is 4.88. The van der Waals surface area contributed by atoms with E-state index in [0.29, 0.717) is 27.2 Å². The van der Waals surface area contributed by atoms with E-state index in [0.717, 1.165) is 0 Å². The average molecular weight is 543 g/mol. The van der Waals surface area contributed by atoms with Gasteiger partial charge in [-0.3, -0.25) is 14.4 Å². The van der Waals surface area contributed by atoms with Crippen LogP contribution < -0.4 is 25.5 Å². The van der Waals surface area contributed by atoms with Gasteiger partial charge in [-0.2, -0.15) is 5.10 Å². The molecule has 0 heterocycles. The maximum absolute atomic E-state index is 13.8. The summed E-state index contributed by atoms with van der Waals surface area (Å²) in [4.78, 5) is 35.8. The van der Waals surface area contributed by atoms with Gasteiger partial charge in [-0.25, -0.2) is 9.82 Å². The quantitative estimate of drug-likeness (QED) is 0.228. The summed E-state index contributed by atoms with van der Waals surface area (Å²) in [6.45, 7) is -0.317. The number of rotatable bonds is 8. The van der Waals surface area contributed by atoms with Gasteiger partial charge in [0.2, 0.25) is 0 Å². The van der Waals surface area contributed by atoms with Gasteiger partial charge < -0.3 is 20.1 Å². The lowest BCUT2D eigenvalue weighted by Crippen LogP contribution is -2.32. The number of hydrazone groups is 1. The first-order chi connectivity index (χ1) is 16.8. The molecule has 0 aliphatic carbocycles. The number of carbonyl (C=O) groups is 3. The second-order valence-corrected chi connectivity index (χ2v) is 7.83. The fraction of sp³-hybridized carbons (Fsp3) is 0.0833. The second-order valence-electron chi connectivity index (χ2n) is 6.91. The molecule has 35 heavy (non-hydrogen) atoms. The number of methoxy groups -OCH3 is 1. The summed E-state index contributed by atoms with van der Waals surface area (Å²) in [5.41, 5.74) is 3.22. The standard InChI is InChI=1S/C24H20BrFN4O5/c1-34-18-9-5-17(6-10-18)28-23(32)24(33)30-27-13-15-2-7-19(8-3-15)35-14-22(31)29-21-11-4-16(25)12-20(21)26/h2-13H,14H2,1H3,(H,28,32)(H,29,31)(H,30,33)/b27-13-. The lowest BCUT2D eigenvalue weighted by Gasteiger charge is -2.08. The third kappa shape index (κ3) is 7.93. The zero-order chi connectivity index (χ0) is 25.2. The van der Waals surface area contributed by atoms with Gasteiger partial charge in [-0.05, 0) is 72.3 Å². The van der Waals surface area contributed by atoms with E-state index in [1.807, 2.05) is 0 Å². The van der Waals surface area contributed by atoms with Gasteiger partial charge in [0.15, 0.2) is 6.61 Å². The summed E-state index contributed by atoms with van der Waals surface area (Å²) < 4.78 is 24.8. The molecule has 0 atom stereocenters. The van der Waals surface area contributed by atoms with E-state index in [2.05, 4.69) is 37.1 Å². The highest BCUT2D eigenvalue weighted by molar-refractivity contribution is 9.10. The minimum Gasteiger partial charge on any atom is -0.497 e. The largest absolute Gasteiger partial charge is 0.497 e. The molecule has 3 aromatic rings. The van der Waals surface area contributed by atoms with Gasteiger partial charge >= 0.3 is 11.8 Å². The third-order valence-electron chi connectivity index (χ3n) is 4.39. The molecule has 0 bridgehead atoms. The second kappa shape index (κ2) is 12.3. The van der Waals surface area contributed by atoms with Crippen molar-refractivity contribution < 1.29 is 28.2 Å². The number of anilines is 2. The molecule has 3 N–H and O–H groups in total. The molecule has 3 aromatic carbocycles. The number of halogens is 2. The van der Waals surface area contributed by atoms with Gasteiger partial charge in [-0.15, -0.1) is 0 Å². The number of benzene rings is 3. The fourth-order valence-electron chi connectivity index (χ4n) is 2.65. The van der Waals surface area contributed by atoms with Crippen molar-refractivity contribution in [3.63, 3.8) is 0 Å². The molecule has 3 amide bonds. The van der Waals surface area contributed by atoms with E-state index in [9.17, 15) is 18.8 Å². The first kappa shape index (κ1) is 25.4. The molecule has 0 aromatic heterocycles. The summed E-state index contributed by atoms with van der Waals surface area (Å²) in [7, 11) is 1.52. The van der Waals surface area contributed by atoms with Crippen LogP contribution in [0.1, 0.15) is 5.56 Å². The predicted molar refractivity (Wildman–Crippen MR) is 132 cm³/mol.